The number of esters is 1. The van der Waals surface area contributed by atoms with Gasteiger partial charge >= 0.3 is 5.97 Å². The first-order chi connectivity index (χ1) is 11.5. The number of phenols is 1. The number of Topliss-reactive ketones (excluding diaryl/α,β-unsaturated/α-hetero) is 1. The average Bonchev–Trinajstić information content (AvgIpc) is 2.60. The second-order valence-corrected chi connectivity index (χ2v) is 5.07. The summed E-state index contributed by atoms with van der Waals surface area (Å²) in [7, 11) is 2.95. The van der Waals surface area contributed by atoms with Gasteiger partial charge in [-0.15, -0.1) is 0 Å². The van der Waals surface area contributed by atoms with Gasteiger partial charge in [0.15, 0.2) is 6.61 Å². The van der Waals surface area contributed by atoms with Crippen molar-refractivity contribution in [3.63, 3.8) is 0 Å². The summed E-state index contributed by atoms with van der Waals surface area (Å²) in [6.45, 7) is 1.28. The number of ether oxygens (including phenoxy) is 3. The molecule has 0 aliphatic rings. The van der Waals surface area contributed by atoms with Crippen LogP contribution in [0.4, 0.5) is 0 Å². The van der Waals surface area contributed by atoms with E-state index in [1.54, 1.807) is 31.2 Å². The van der Waals surface area contributed by atoms with Crippen LogP contribution in [0.25, 0.3) is 0 Å². The second-order valence-electron chi connectivity index (χ2n) is 5.07. The highest BCUT2D eigenvalue weighted by Gasteiger charge is 2.16. The lowest BCUT2D eigenvalue weighted by molar-refractivity contribution is 0.0473. The van der Waals surface area contributed by atoms with Crippen LogP contribution in [0, 0.1) is 6.92 Å². The van der Waals surface area contributed by atoms with E-state index in [2.05, 4.69) is 0 Å². The van der Waals surface area contributed by atoms with Crippen LogP contribution in [-0.4, -0.2) is 37.7 Å². The molecule has 0 amide bonds. The van der Waals surface area contributed by atoms with Crippen LogP contribution in [0.15, 0.2) is 36.4 Å². The van der Waals surface area contributed by atoms with Crippen molar-refractivity contribution >= 4 is 11.8 Å². The van der Waals surface area contributed by atoms with Gasteiger partial charge in [0, 0.05) is 6.07 Å². The van der Waals surface area contributed by atoms with E-state index in [4.69, 9.17) is 14.2 Å². The van der Waals surface area contributed by atoms with Gasteiger partial charge in [0.1, 0.15) is 17.2 Å². The minimum absolute atomic E-state index is 0.00685. The number of rotatable bonds is 6. The molecule has 0 spiro atoms. The van der Waals surface area contributed by atoms with Gasteiger partial charge in [0.25, 0.3) is 0 Å². The van der Waals surface area contributed by atoms with Gasteiger partial charge in [-0.25, -0.2) is 4.79 Å². The maximum absolute atomic E-state index is 12.2. The van der Waals surface area contributed by atoms with Gasteiger partial charge < -0.3 is 19.3 Å². The number of aromatic hydroxyl groups is 1. The summed E-state index contributed by atoms with van der Waals surface area (Å²) in [5, 5.41) is 9.62. The molecule has 0 heterocycles. The molecule has 0 saturated heterocycles. The predicted octanol–water partition coefficient (Wildman–Crippen LogP) is 2.76. The number of phenolic OH excluding ortho intramolecular Hbond substituents is 1. The summed E-state index contributed by atoms with van der Waals surface area (Å²) < 4.78 is 15.2. The Kier molecular flexibility index (Phi) is 5.42. The number of hydrogen-bond donors (Lipinski definition) is 1. The molecule has 0 fully saturated rings. The molecule has 2 rings (SSSR count). The van der Waals surface area contributed by atoms with Crippen molar-refractivity contribution in [3.8, 4) is 17.2 Å². The Labute approximate surface area is 139 Å². The summed E-state index contributed by atoms with van der Waals surface area (Å²) in [5.74, 6) is -0.211. The predicted molar refractivity (Wildman–Crippen MR) is 87.0 cm³/mol. The van der Waals surface area contributed by atoms with E-state index in [9.17, 15) is 14.7 Å². The maximum Gasteiger partial charge on any atom is 0.338 e. The molecule has 6 heteroatoms. The van der Waals surface area contributed by atoms with Crippen molar-refractivity contribution in [2.24, 2.45) is 0 Å². The molecule has 0 aromatic heterocycles. The molecule has 0 unspecified atom stereocenters. The largest absolute Gasteiger partial charge is 0.508 e. The van der Waals surface area contributed by atoms with Gasteiger partial charge in [0.05, 0.1) is 25.3 Å². The van der Waals surface area contributed by atoms with Crippen LogP contribution in [0.5, 0.6) is 17.2 Å². The van der Waals surface area contributed by atoms with E-state index in [1.165, 1.54) is 26.4 Å². The monoisotopic (exact) mass is 330 g/mol. The lowest BCUT2D eigenvalue weighted by Gasteiger charge is -2.10. The molecule has 6 nitrogen and oxygen atoms in total. The molecule has 126 valence electrons. The van der Waals surface area contributed by atoms with Crippen LogP contribution in [0.1, 0.15) is 26.3 Å². The molecule has 0 bridgehead atoms. The number of carbonyl (C=O) groups excluding carboxylic acids is 2. The zero-order chi connectivity index (χ0) is 17.7. The van der Waals surface area contributed by atoms with Crippen LogP contribution in [0.2, 0.25) is 0 Å². The fourth-order valence-electron chi connectivity index (χ4n) is 2.06. The molecule has 0 radical (unpaired) electrons. The third-order valence-electron chi connectivity index (χ3n) is 3.49. The molecular weight excluding hydrogens is 312 g/mol. The fraction of sp³-hybridized carbons (Fsp3) is 0.222. The maximum atomic E-state index is 12.2. The summed E-state index contributed by atoms with van der Waals surface area (Å²) in [6.07, 6.45) is 0. The Morgan fingerprint density at radius 2 is 1.79 bits per heavy atom. The second kappa shape index (κ2) is 7.50. The first kappa shape index (κ1) is 17.3. The molecule has 0 atom stereocenters. The van der Waals surface area contributed by atoms with E-state index in [1.807, 2.05) is 0 Å². The fourth-order valence-corrected chi connectivity index (χ4v) is 2.06. The van der Waals surface area contributed by atoms with Crippen molar-refractivity contribution in [1.29, 1.82) is 0 Å². The highest BCUT2D eigenvalue weighted by atomic mass is 16.5. The Morgan fingerprint density at radius 3 is 2.42 bits per heavy atom. The number of methoxy groups -OCH3 is 2. The van der Waals surface area contributed by atoms with Crippen molar-refractivity contribution in [1.82, 2.24) is 0 Å². The Hall–Kier alpha value is -3.02. The van der Waals surface area contributed by atoms with Gasteiger partial charge in [0.2, 0.25) is 5.78 Å². The average molecular weight is 330 g/mol. The third kappa shape index (κ3) is 3.84. The van der Waals surface area contributed by atoms with Gasteiger partial charge in [-0.3, -0.25) is 4.79 Å². The summed E-state index contributed by atoms with van der Waals surface area (Å²) in [5.41, 5.74) is 1.11. The van der Waals surface area contributed by atoms with E-state index in [-0.39, 0.29) is 16.9 Å². The summed E-state index contributed by atoms with van der Waals surface area (Å²) in [4.78, 5) is 24.2. The number of aryl methyl sites for hydroxylation is 1. The van der Waals surface area contributed by atoms with Crippen molar-refractivity contribution in [2.45, 2.75) is 6.92 Å². The minimum atomic E-state index is -0.689. The zero-order valence-electron chi connectivity index (χ0n) is 13.7. The topological polar surface area (TPSA) is 82.1 Å². The number of ketones is 1. The highest BCUT2D eigenvalue weighted by molar-refractivity contribution is 6.01. The van der Waals surface area contributed by atoms with Crippen molar-refractivity contribution in [2.75, 3.05) is 20.8 Å². The van der Waals surface area contributed by atoms with Gasteiger partial charge in [-0.05, 0) is 36.8 Å². The normalized spacial score (nSPS) is 10.1. The number of benzene rings is 2. The van der Waals surface area contributed by atoms with Crippen LogP contribution in [-0.2, 0) is 4.74 Å². The van der Waals surface area contributed by atoms with E-state index in [0.717, 1.165) is 0 Å². The highest BCUT2D eigenvalue weighted by Crippen LogP contribution is 2.25. The quantitative estimate of drug-likeness (QED) is 0.648. The van der Waals surface area contributed by atoms with E-state index < -0.39 is 18.4 Å². The molecule has 1 N–H and O–H groups in total. The van der Waals surface area contributed by atoms with Gasteiger partial charge in [-0.2, -0.15) is 0 Å². The molecule has 0 aliphatic carbocycles. The summed E-state index contributed by atoms with van der Waals surface area (Å²) in [6, 6.07) is 9.17. The van der Waals surface area contributed by atoms with E-state index in [0.29, 0.717) is 17.1 Å². The smallest absolute Gasteiger partial charge is 0.338 e. The Morgan fingerprint density at radius 1 is 1.04 bits per heavy atom. The lowest BCUT2D eigenvalue weighted by Crippen LogP contribution is -2.15. The van der Waals surface area contributed by atoms with Gasteiger partial charge in [-0.1, -0.05) is 6.07 Å². The number of hydrogen-bond acceptors (Lipinski definition) is 6. The van der Waals surface area contributed by atoms with Crippen LogP contribution >= 0.6 is 0 Å². The summed E-state index contributed by atoms with van der Waals surface area (Å²) >= 11 is 0. The van der Waals surface area contributed by atoms with Crippen LogP contribution in [0.3, 0.4) is 0 Å². The Bertz CT molecular complexity index is 766. The molecule has 2 aromatic rings. The molecule has 0 aliphatic heterocycles. The molecule has 2 aromatic carbocycles. The molecular formula is C18H18O6. The van der Waals surface area contributed by atoms with E-state index >= 15 is 0 Å². The molecule has 24 heavy (non-hydrogen) atoms. The number of carbonyl (C=O) groups is 2. The lowest BCUT2D eigenvalue weighted by atomic mass is 10.1. The first-order valence-electron chi connectivity index (χ1n) is 7.18. The first-order valence-corrected chi connectivity index (χ1v) is 7.18. The molecule has 0 saturated carbocycles. The zero-order valence-corrected chi connectivity index (χ0v) is 13.7. The van der Waals surface area contributed by atoms with Crippen molar-refractivity contribution in [3.05, 3.63) is 53.1 Å². The Balaban J connectivity index is 2.07. The SMILES string of the molecule is COc1ccc(C(=O)COC(=O)c2ccc(C)c(O)c2)c(OC)c1. The standard InChI is InChI=1S/C18H18O6/c1-11-4-5-12(8-15(11)19)18(21)24-10-16(20)14-7-6-13(22-2)9-17(14)23-3/h4-9,19H,10H2,1-3H3. The third-order valence-corrected chi connectivity index (χ3v) is 3.49. The minimum Gasteiger partial charge on any atom is -0.508 e. The van der Waals surface area contributed by atoms with Crippen molar-refractivity contribution < 1.29 is 28.9 Å². The van der Waals surface area contributed by atoms with Crippen LogP contribution < -0.4 is 9.47 Å².